The summed E-state index contributed by atoms with van der Waals surface area (Å²) >= 11 is 0. The standard InChI is InChI=1S/C20H27N3O6/c1-27-15-4-5-17(28-2)16(12-15)23-11-10-22(20(23)26)13-18(24)21-8-6-14(7-9-21)19(25)29-3/h4-5,12,14H,6-11,13H2,1-3H3. The summed E-state index contributed by atoms with van der Waals surface area (Å²) < 4.78 is 15.4. The number of piperidine rings is 1. The number of hydrogen-bond acceptors (Lipinski definition) is 6. The normalized spacial score (nSPS) is 17.5. The van der Waals surface area contributed by atoms with E-state index in [2.05, 4.69) is 0 Å². The molecule has 0 radical (unpaired) electrons. The van der Waals surface area contributed by atoms with E-state index in [1.165, 1.54) is 12.0 Å². The third kappa shape index (κ3) is 4.38. The lowest BCUT2D eigenvalue weighted by Gasteiger charge is -2.31. The van der Waals surface area contributed by atoms with E-state index in [0.717, 1.165) is 0 Å². The fourth-order valence-corrected chi connectivity index (χ4v) is 3.76. The zero-order valence-corrected chi connectivity index (χ0v) is 17.1. The highest BCUT2D eigenvalue weighted by Gasteiger charge is 2.35. The van der Waals surface area contributed by atoms with Gasteiger partial charge >= 0.3 is 12.0 Å². The molecule has 0 aliphatic carbocycles. The van der Waals surface area contributed by atoms with Gasteiger partial charge in [0.05, 0.1) is 32.9 Å². The molecule has 3 rings (SSSR count). The summed E-state index contributed by atoms with van der Waals surface area (Å²) in [5.74, 6) is 0.693. The van der Waals surface area contributed by atoms with Crippen LogP contribution in [0.4, 0.5) is 10.5 Å². The molecule has 0 spiro atoms. The van der Waals surface area contributed by atoms with Crippen LogP contribution in [-0.2, 0) is 14.3 Å². The van der Waals surface area contributed by atoms with Crippen LogP contribution < -0.4 is 14.4 Å². The van der Waals surface area contributed by atoms with Gasteiger partial charge in [-0.15, -0.1) is 0 Å². The lowest BCUT2D eigenvalue weighted by molar-refractivity contribution is -0.148. The molecule has 2 saturated heterocycles. The quantitative estimate of drug-likeness (QED) is 0.664. The van der Waals surface area contributed by atoms with E-state index < -0.39 is 0 Å². The number of ether oxygens (including phenoxy) is 3. The average molecular weight is 405 g/mol. The van der Waals surface area contributed by atoms with E-state index in [-0.39, 0.29) is 30.4 Å². The van der Waals surface area contributed by atoms with Gasteiger partial charge in [-0.3, -0.25) is 14.5 Å². The Kier molecular flexibility index (Phi) is 6.46. The van der Waals surface area contributed by atoms with Crippen molar-refractivity contribution in [3.63, 3.8) is 0 Å². The van der Waals surface area contributed by atoms with Gasteiger partial charge in [-0.2, -0.15) is 0 Å². The number of likely N-dealkylation sites (tertiary alicyclic amines) is 1. The Hall–Kier alpha value is -2.97. The van der Waals surface area contributed by atoms with Crippen molar-refractivity contribution in [1.82, 2.24) is 9.80 Å². The smallest absolute Gasteiger partial charge is 0.325 e. The molecule has 0 N–H and O–H groups in total. The molecule has 9 nitrogen and oxygen atoms in total. The summed E-state index contributed by atoms with van der Waals surface area (Å²) in [4.78, 5) is 42.0. The molecule has 9 heteroatoms. The summed E-state index contributed by atoms with van der Waals surface area (Å²) in [6.45, 7) is 1.91. The van der Waals surface area contributed by atoms with Crippen molar-refractivity contribution in [3.05, 3.63) is 18.2 Å². The van der Waals surface area contributed by atoms with E-state index in [4.69, 9.17) is 14.2 Å². The summed E-state index contributed by atoms with van der Waals surface area (Å²) in [5, 5.41) is 0. The number of benzene rings is 1. The van der Waals surface area contributed by atoms with Gasteiger partial charge in [0, 0.05) is 32.2 Å². The first-order chi connectivity index (χ1) is 14.0. The number of anilines is 1. The van der Waals surface area contributed by atoms with Crippen molar-refractivity contribution < 1.29 is 28.6 Å². The summed E-state index contributed by atoms with van der Waals surface area (Å²) in [6, 6.07) is 5.03. The van der Waals surface area contributed by atoms with Crippen LogP contribution in [-0.4, -0.2) is 81.8 Å². The number of nitrogens with zero attached hydrogens (tertiary/aromatic N) is 3. The number of methoxy groups -OCH3 is 3. The van der Waals surface area contributed by atoms with Gasteiger partial charge in [0.25, 0.3) is 0 Å². The molecule has 1 aromatic carbocycles. The lowest BCUT2D eigenvalue weighted by atomic mass is 9.97. The molecule has 0 saturated carbocycles. The largest absolute Gasteiger partial charge is 0.497 e. The molecule has 158 valence electrons. The lowest BCUT2D eigenvalue weighted by Crippen LogP contribution is -2.46. The Labute approximate surface area is 170 Å². The number of amides is 3. The van der Waals surface area contributed by atoms with Crippen LogP contribution in [0.3, 0.4) is 0 Å². The predicted octanol–water partition coefficient (Wildman–Crippen LogP) is 1.36. The first-order valence-electron chi connectivity index (χ1n) is 9.62. The Balaban J connectivity index is 1.61. The average Bonchev–Trinajstić information content (AvgIpc) is 3.12. The minimum atomic E-state index is -0.241. The third-order valence-electron chi connectivity index (χ3n) is 5.48. The molecule has 0 unspecified atom stereocenters. The number of hydrogen-bond donors (Lipinski definition) is 0. The molecule has 2 aliphatic heterocycles. The summed E-state index contributed by atoms with van der Waals surface area (Å²) in [5.41, 5.74) is 0.616. The van der Waals surface area contributed by atoms with Crippen LogP contribution in [0.5, 0.6) is 11.5 Å². The number of esters is 1. The Bertz CT molecular complexity index is 775. The van der Waals surface area contributed by atoms with Gasteiger partial charge in [-0.25, -0.2) is 4.79 Å². The number of carbonyl (C=O) groups is 3. The van der Waals surface area contributed by atoms with Gasteiger partial charge in [-0.1, -0.05) is 0 Å². The fourth-order valence-electron chi connectivity index (χ4n) is 3.76. The second-order valence-electron chi connectivity index (χ2n) is 7.07. The van der Waals surface area contributed by atoms with Crippen molar-refractivity contribution >= 4 is 23.6 Å². The molecule has 3 amide bonds. The maximum absolute atomic E-state index is 12.9. The number of carbonyl (C=O) groups excluding carboxylic acids is 3. The molecule has 0 bridgehead atoms. The Morgan fingerprint density at radius 1 is 1.03 bits per heavy atom. The molecular formula is C20H27N3O6. The van der Waals surface area contributed by atoms with Crippen LogP contribution in [0.1, 0.15) is 12.8 Å². The fraction of sp³-hybridized carbons (Fsp3) is 0.550. The Morgan fingerprint density at radius 3 is 2.38 bits per heavy atom. The molecular weight excluding hydrogens is 378 g/mol. The number of urea groups is 1. The van der Waals surface area contributed by atoms with Gasteiger partial charge in [-0.05, 0) is 25.0 Å². The monoisotopic (exact) mass is 405 g/mol. The molecule has 2 aliphatic rings. The zero-order valence-electron chi connectivity index (χ0n) is 17.1. The summed E-state index contributed by atoms with van der Waals surface area (Å²) in [6.07, 6.45) is 1.17. The predicted molar refractivity (Wildman–Crippen MR) is 105 cm³/mol. The van der Waals surface area contributed by atoms with Crippen LogP contribution >= 0.6 is 0 Å². The van der Waals surface area contributed by atoms with Crippen LogP contribution in [0, 0.1) is 5.92 Å². The minimum Gasteiger partial charge on any atom is -0.497 e. The minimum absolute atomic E-state index is 0.0184. The van der Waals surface area contributed by atoms with Gasteiger partial charge in [0.15, 0.2) is 0 Å². The SMILES string of the molecule is COC(=O)C1CCN(C(=O)CN2CCN(c3cc(OC)ccc3OC)C2=O)CC1. The first kappa shape index (κ1) is 20.8. The van der Waals surface area contributed by atoms with Gasteiger partial charge < -0.3 is 24.0 Å². The second kappa shape index (κ2) is 9.02. The van der Waals surface area contributed by atoms with Crippen LogP contribution in [0.2, 0.25) is 0 Å². The highest BCUT2D eigenvalue weighted by Crippen LogP contribution is 2.34. The third-order valence-corrected chi connectivity index (χ3v) is 5.48. The molecule has 1 aromatic rings. The van der Waals surface area contributed by atoms with Crippen LogP contribution in [0.25, 0.3) is 0 Å². The van der Waals surface area contributed by atoms with E-state index in [9.17, 15) is 14.4 Å². The maximum atomic E-state index is 12.9. The number of rotatable bonds is 6. The van der Waals surface area contributed by atoms with Gasteiger partial charge in [0.2, 0.25) is 5.91 Å². The van der Waals surface area contributed by atoms with Crippen molar-refractivity contribution in [2.75, 3.05) is 59.0 Å². The molecule has 2 fully saturated rings. The molecule has 0 aromatic heterocycles. The van der Waals surface area contributed by atoms with E-state index in [1.807, 2.05) is 0 Å². The molecule has 0 atom stereocenters. The van der Waals surface area contributed by atoms with E-state index in [0.29, 0.717) is 56.2 Å². The van der Waals surface area contributed by atoms with Crippen LogP contribution in [0.15, 0.2) is 18.2 Å². The highest BCUT2D eigenvalue weighted by atomic mass is 16.5. The van der Waals surface area contributed by atoms with Crippen molar-refractivity contribution in [2.24, 2.45) is 5.92 Å². The maximum Gasteiger partial charge on any atom is 0.325 e. The van der Waals surface area contributed by atoms with E-state index >= 15 is 0 Å². The first-order valence-corrected chi connectivity index (χ1v) is 9.62. The Morgan fingerprint density at radius 2 is 1.76 bits per heavy atom. The summed E-state index contributed by atoms with van der Waals surface area (Å²) in [7, 11) is 4.48. The molecule has 2 heterocycles. The highest BCUT2D eigenvalue weighted by molar-refractivity contribution is 5.98. The zero-order chi connectivity index (χ0) is 21.0. The topological polar surface area (TPSA) is 88.6 Å². The molecule has 29 heavy (non-hydrogen) atoms. The van der Waals surface area contributed by atoms with Gasteiger partial charge in [0.1, 0.15) is 18.0 Å². The van der Waals surface area contributed by atoms with Crippen molar-refractivity contribution in [1.29, 1.82) is 0 Å². The van der Waals surface area contributed by atoms with Crippen molar-refractivity contribution in [2.45, 2.75) is 12.8 Å². The van der Waals surface area contributed by atoms with Crippen molar-refractivity contribution in [3.8, 4) is 11.5 Å². The second-order valence-corrected chi connectivity index (χ2v) is 7.07. The van der Waals surface area contributed by atoms with E-state index in [1.54, 1.807) is 42.2 Å².